The highest BCUT2D eigenvalue weighted by Gasteiger charge is 2.24. The Morgan fingerprint density at radius 1 is 1.20 bits per heavy atom. The number of nitrogens with zero attached hydrogens (tertiary/aromatic N) is 5. The number of ether oxygens (including phenoxy) is 1. The van der Waals surface area contributed by atoms with Gasteiger partial charge in [0.25, 0.3) is 0 Å². The van der Waals surface area contributed by atoms with Crippen LogP contribution in [0.1, 0.15) is 31.1 Å². The van der Waals surface area contributed by atoms with E-state index < -0.39 is 17.4 Å². The molecule has 9 heteroatoms. The van der Waals surface area contributed by atoms with Gasteiger partial charge in [0.2, 0.25) is 0 Å². The lowest BCUT2D eigenvalue weighted by molar-refractivity contribution is -0.156. The first-order chi connectivity index (χ1) is 14.2. The fourth-order valence-electron chi connectivity index (χ4n) is 3.17. The maximum atomic E-state index is 12.1. The molecule has 0 atom stereocenters. The van der Waals surface area contributed by atoms with E-state index in [0.29, 0.717) is 17.0 Å². The van der Waals surface area contributed by atoms with Gasteiger partial charge in [0.15, 0.2) is 12.4 Å². The zero-order valence-electron chi connectivity index (χ0n) is 17.1. The van der Waals surface area contributed by atoms with E-state index in [9.17, 15) is 14.7 Å². The van der Waals surface area contributed by atoms with Crippen LogP contribution in [-0.2, 0) is 23.3 Å². The molecule has 0 saturated carbocycles. The molecule has 4 aromatic rings. The average Bonchev–Trinajstić information content (AvgIpc) is 3.23. The lowest BCUT2D eigenvalue weighted by atomic mass is 9.98. The molecule has 9 nitrogen and oxygen atoms in total. The van der Waals surface area contributed by atoms with Crippen molar-refractivity contribution in [3.05, 3.63) is 42.2 Å². The van der Waals surface area contributed by atoms with Gasteiger partial charge in [-0.05, 0) is 26.8 Å². The number of carbonyl (C=O) groups excluding carboxylic acids is 1. The number of aromatic carboxylic acids is 1. The first-order valence-corrected chi connectivity index (χ1v) is 9.35. The summed E-state index contributed by atoms with van der Waals surface area (Å²) in [5.41, 5.74) is 1.85. The van der Waals surface area contributed by atoms with Crippen molar-refractivity contribution in [1.82, 2.24) is 24.3 Å². The van der Waals surface area contributed by atoms with Crippen molar-refractivity contribution in [1.29, 1.82) is 0 Å². The molecule has 0 amide bonds. The molecule has 0 aliphatic heterocycles. The smallest absolute Gasteiger partial charge is 0.339 e. The Hall–Kier alpha value is -3.75. The summed E-state index contributed by atoms with van der Waals surface area (Å²) in [5, 5.41) is 15.0. The molecule has 3 heterocycles. The van der Waals surface area contributed by atoms with Crippen LogP contribution in [-0.4, -0.2) is 41.4 Å². The fraction of sp³-hybridized carbons (Fsp3) is 0.286. The van der Waals surface area contributed by atoms with Crippen LogP contribution in [0.25, 0.3) is 33.5 Å². The van der Waals surface area contributed by atoms with Gasteiger partial charge in [0.05, 0.1) is 17.1 Å². The van der Waals surface area contributed by atoms with E-state index in [1.807, 2.05) is 31.3 Å². The summed E-state index contributed by atoms with van der Waals surface area (Å²) >= 11 is 0. The number of carboxylic acid groups (broad SMARTS) is 1. The van der Waals surface area contributed by atoms with Gasteiger partial charge in [-0.2, -0.15) is 5.10 Å². The number of carboxylic acids is 1. The number of para-hydroxylation sites is 1. The number of aromatic nitrogens is 5. The molecule has 4 rings (SSSR count). The highest BCUT2D eigenvalue weighted by Crippen LogP contribution is 2.28. The SMILES string of the molecule is Cn1nc(-c2cnc3c(n2)c(C(=O)O)cn3COC(=O)C(C)(C)C)c2ccccc21. The summed E-state index contributed by atoms with van der Waals surface area (Å²) in [6, 6.07) is 7.70. The predicted molar refractivity (Wildman–Crippen MR) is 110 cm³/mol. The Kier molecular flexibility index (Phi) is 4.53. The number of benzene rings is 1. The second-order valence-electron chi connectivity index (χ2n) is 8.05. The molecule has 0 unspecified atom stereocenters. The summed E-state index contributed by atoms with van der Waals surface area (Å²) in [6.45, 7) is 5.08. The Bertz CT molecular complexity index is 1300. The van der Waals surface area contributed by atoms with E-state index in [1.165, 1.54) is 10.8 Å². The van der Waals surface area contributed by atoms with E-state index in [0.717, 1.165) is 10.9 Å². The molecule has 0 fully saturated rings. The molecule has 0 bridgehead atoms. The third kappa shape index (κ3) is 3.28. The standard InChI is InChI=1S/C21H21N5O4/c1-21(2,3)20(29)30-11-26-10-13(19(27)28)17-18(26)22-9-14(23-17)16-12-7-5-6-8-15(12)25(4)24-16/h5-10H,11H2,1-4H3,(H,27,28). The number of carbonyl (C=O) groups is 2. The quantitative estimate of drug-likeness (QED) is 0.517. The zero-order valence-corrected chi connectivity index (χ0v) is 17.1. The van der Waals surface area contributed by atoms with Crippen LogP contribution in [0.4, 0.5) is 0 Å². The van der Waals surface area contributed by atoms with Gasteiger partial charge in [-0.25, -0.2) is 14.8 Å². The molecular formula is C21H21N5O4. The Morgan fingerprint density at radius 2 is 1.93 bits per heavy atom. The number of rotatable bonds is 4. The maximum absolute atomic E-state index is 12.1. The molecule has 0 aliphatic carbocycles. The summed E-state index contributed by atoms with van der Waals surface area (Å²) in [4.78, 5) is 32.8. The third-order valence-corrected chi connectivity index (χ3v) is 4.74. The van der Waals surface area contributed by atoms with Crippen LogP contribution in [0.15, 0.2) is 36.7 Å². The number of aryl methyl sites for hydroxylation is 1. The molecule has 0 aliphatic rings. The van der Waals surface area contributed by atoms with Crippen LogP contribution in [0.3, 0.4) is 0 Å². The molecule has 0 radical (unpaired) electrons. The normalized spacial score (nSPS) is 11.9. The lowest BCUT2D eigenvalue weighted by Crippen LogP contribution is -2.24. The van der Waals surface area contributed by atoms with E-state index in [-0.39, 0.29) is 17.8 Å². The Morgan fingerprint density at radius 3 is 2.63 bits per heavy atom. The lowest BCUT2D eigenvalue weighted by Gasteiger charge is -2.16. The molecule has 1 aromatic carbocycles. The predicted octanol–water partition coefficient (Wildman–Crippen LogP) is 3.23. The van der Waals surface area contributed by atoms with Gasteiger partial charge in [-0.15, -0.1) is 0 Å². The fourth-order valence-corrected chi connectivity index (χ4v) is 3.17. The molecular weight excluding hydrogens is 386 g/mol. The van der Waals surface area contributed by atoms with Gasteiger partial charge >= 0.3 is 11.9 Å². The van der Waals surface area contributed by atoms with Crippen molar-refractivity contribution in [3.63, 3.8) is 0 Å². The Balaban J connectivity index is 1.80. The highest BCUT2D eigenvalue weighted by atomic mass is 16.5. The molecule has 154 valence electrons. The zero-order chi connectivity index (χ0) is 21.6. The van der Waals surface area contributed by atoms with Gasteiger partial charge in [-0.1, -0.05) is 18.2 Å². The first kappa shape index (κ1) is 19.6. The van der Waals surface area contributed by atoms with Crippen LogP contribution < -0.4 is 0 Å². The maximum Gasteiger partial charge on any atom is 0.339 e. The monoisotopic (exact) mass is 407 g/mol. The van der Waals surface area contributed by atoms with Crippen molar-refractivity contribution in [2.75, 3.05) is 0 Å². The number of hydrogen-bond acceptors (Lipinski definition) is 6. The average molecular weight is 407 g/mol. The molecule has 3 aromatic heterocycles. The van der Waals surface area contributed by atoms with Gasteiger partial charge in [-0.3, -0.25) is 14.0 Å². The van der Waals surface area contributed by atoms with Gasteiger partial charge in [0.1, 0.15) is 22.5 Å². The van der Waals surface area contributed by atoms with E-state index >= 15 is 0 Å². The van der Waals surface area contributed by atoms with Crippen molar-refractivity contribution in [2.24, 2.45) is 12.5 Å². The minimum atomic E-state index is -1.14. The summed E-state index contributed by atoms with van der Waals surface area (Å²) in [6.07, 6.45) is 2.92. The summed E-state index contributed by atoms with van der Waals surface area (Å²) in [5.74, 6) is -1.54. The number of hydrogen-bond donors (Lipinski definition) is 1. The number of fused-ring (bicyclic) bond motifs is 2. The van der Waals surface area contributed by atoms with Gasteiger partial charge in [0, 0.05) is 18.6 Å². The van der Waals surface area contributed by atoms with Crippen LogP contribution >= 0.6 is 0 Å². The summed E-state index contributed by atoms with van der Waals surface area (Å²) < 4.78 is 8.53. The van der Waals surface area contributed by atoms with E-state index in [1.54, 1.807) is 31.6 Å². The Labute approximate surface area is 171 Å². The van der Waals surface area contributed by atoms with Crippen molar-refractivity contribution >= 4 is 34.0 Å². The minimum Gasteiger partial charge on any atom is -0.478 e. The first-order valence-electron chi connectivity index (χ1n) is 9.35. The second kappa shape index (κ2) is 6.94. The van der Waals surface area contributed by atoms with Crippen LogP contribution in [0.5, 0.6) is 0 Å². The third-order valence-electron chi connectivity index (χ3n) is 4.74. The number of esters is 1. The van der Waals surface area contributed by atoms with Crippen molar-refractivity contribution < 1.29 is 19.4 Å². The molecule has 0 spiro atoms. The molecule has 1 N–H and O–H groups in total. The van der Waals surface area contributed by atoms with Crippen molar-refractivity contribution in [2.45, 2.75) is 27.5 Å². The topological polar surface area (TPSA) is 112 Å². The van der Waals surface area contributed by atoms with Crippen molar-refractivity contribution in [3.8, 4) is 11.4 Å². The second-order valence-corrected chi connectivity index (χ2v) is 8.05. The largest absolute Gasteiger partial charge is 0.478 e. The van der Waals surface area contributed by atoms with Gasteiger partial charge < -0.3 is 9.84 Å². The van der Waals surface area contributed by atoms with E-state index in [4.69, 9.17) is 4.74 Å². The van der Waals surface area contributed by atoms with Crippen LogP contribution in [0.2, 0.25) is 0 Å². The van der Waals surface area contributed by atoms with Crippen LogP contribution in [0, 0.1) is 5.41 Å². The molecule has 30 heavy (non-hydrogen) atoms. The summed E-state index contributed by atoms with van der Waals surface area (Å²) in [7, 11) is 1.83. The molecule has 0 saturated heterocycles. The minimum absolute atomic E-state index is 0.0219. The van der Waals surface area contributed by atoms with E-state index in [2.05, 4.69) is 15.1 Å². The highest BCUT2D eigenvalue weighted by molar-refractivity contribution is 6.01.